The number of halogens is 1. The standard InChI is InChI=1S/C16H16ClNO/c1-10-14(16(19)12-3-4-12)9-18(2)15(10)11-5-7-13(17)8-6-11/h5-9,12H,3-4H2,1-2H3. The highest BCUT2D eigenvalue weighted by molar-refractivity contribution is 6.30. The minimum absolute atomic E-state index is 0.263. The van der Waals surface area contributed by atoms with Crippen LogP contribution in [0.4, 0.5) is 0 Å². The quantitative estimate of drug-likeness (QED) is 0.767. The number of benzene rings is 1. The van der Waals surface area contributed by atoms with Crippen LogP contribution >= 0.6 is 11.6 Å². The summed E-state index contributed by atoms with van der Waals surface area (Å²) in [6.45, 7) is 2.03. The van der Waals surface area contributed by atoms with Crippen molar-refractivity contribution in [3.63, 3.8) is 0 Å². The van der Waals surface area contributed by atoms with E-state index in [4.69, 9.17) is 11.6 Å². The molecule has 0 unspecified atom stereocenters. The third-order valence-electron chi connectivity index (χ3n) is 3.77. The molecular formula is C16H16ClNO. The second kappa shape index (κ2) is 4.53. The van der Waals surface area contributed by atoms with E-state index in [0.717, 1.165) is 40.2 Å². The van der Waals surface area contributed by atoms with E-state index in [9.17, 15) is 4.79 Å². The molecule has 0 aliphatic heterocycles. The summed E-state index contributed by atoms with van der Waals surface area (Å²) >= 11 is 5.92. The number of rotatable bonds is 3. The second-order valence-corrected chi connectivity index (χ2v) is 5.71. The lowest BCUT2D eigenvalue weighted by Crippen LogP contribution is -2.01. The summed E-state index contributed by atoms with van der Waals surface area (Å²) in [5, 5.41) is 0.727. The molecule has 0 radical (unpaired) electrons. The zero-order valence-corrected chi connectivity index (χ0v) is 11.9. The van der Waals surface area contributed by atoms with Gasteiger partial charge in [-0.1, -0.05) is 23.7 Å². The number of nitrogens with zero attached hydrogens (tertiary/aromatic N) is 1. The van der Waals surface area contributed by atoms with Crippen LogP contribution < -0.4 is 0 Å². The summed E-state index contributed by atoms with van der Waals surface area (Å²) in [5.41, 5.74) is 4.14. The fraction of sp³-hybridized carbons (Fsp3) is 0.312. The Morgan fingerprint density at radius 3 is 2.47 bits per heavy atom. The summed E-state index contributed by atoms with van der Waals surface area (Å²) in [7, 11) is 1.99. The molecule has 0 spiro atoms. The van der Waals surface area contributed by atoms with Crippen molar-refractivity contribution in [1.29, 1.82) is 0 Å². The zero-order valence-electron chi connectivity index (χ0n) is 11.1. The van der Waals surface area contributed by atoms with Crippen molar-refractivity contribution in [3.05, 3.63) is 46.6 Å². The van der Waals surface area contributed by atoms with Gasteiger partial charge in [0.25, 0.3) is 0 Å². The third-order valence-corrected chi connectivity index (χ3v) is 4.02. The lowest BCUT2D eigenvalue weighted by molar-refractivity contribution is 0.0967. The molecule has 0 amide bonds. The van der Waals surface area contributed by atoms with Crippen LogP contribution in [0.3, 0.4) is 0 Å². The Bertz CT molecular complexity index is 636. The molecule has 19 heavy (non-hydrogen) atoms. The Balaban J connectivity index is 2.06. The van der Waals surface area contributed by atoms with Crippen LogP contribution in [0.15, 0.2) is 30.5 Å². The zero-order chi connectivity index (χ0) is 13.6. The Labute approximate surface area is 118 Å². The Morgan fingerprint density at radius 1 is 1.26 bits per heavy atom. The number of ketones is 1. The first-order valence-electron chi connectivity index (χ1n) is 6.54. The van der Waals surface area contributed by atoms with Gasteiger partial charge in [0.1, 0.15) is 0 Å². The minimum atomic E-state index is 0.263. The fourth-order valence-electron chi connectivity index (χ4n) is 2.59. The number of carbonyl (C=O) groups excluding carboxylic acids is 1. The average Bonchev–Trinajstić information content (AvgIpc) is 3.18. The van der Waals surface area contributed by atoms with Crippen LogP contribution in [0.1, 0.15) is 28.8 Å². The molecule has 2 aromatic rings. The SMILES string of the molecule is Cc1c(C(=O)C2CC2)cn(C)c1-c1ccc(Cl)cc1. The smallest absolute Gasteiger partial charge is 0.167 e. The molecule has 1 aromatic heterocycles. The lowest BCUT2D eigenvalue weighted by atomic mass is 10.0. The van der Waals surface area contributed by atoms with Gasteiger partial charge in [0.15, 0.2) is 5.78 Å². The molecule has 3 heteroatoms. The van der Waals surface area contributed by atoms with E-state index in [1.807, 2.05) is 49.0 Å². The van der Waals surface area contributed by atoms with Crippen LogP contribution in [-0.4, -0.2) is 10.4 Å². The molecule has 98 valence electrons. The van der Waals surface area contributed by atoms with E-state index in [1.165, 1.54) is 0 Å². The van der Waals surface area contributed by atoms with Gasteiger partial charge in [-0.05, 0) is 43.0 Å². The normalized spacial score (nSPS) is 14.7. The molecule has 0 atom stereocenters. The van der Waals surface area contributed by atoms with Crippen molar-refractivity contribution in [2.45, 2.75) is 19.8 Å². The molecule has 1 aliphatic carbocycles. The highest BCUT2D eigenvalue weighted by atomic mass is 35.5. The van der Waals surface area contributed by atoms with Crippen molar-refractivity contribution in [1.82, 2.24) is 4.57 Å². The Hall–Kier alpha value is -1.54. The van der Waals surface area contributed by atoms with Gasteiger partial charge in [-0.2, -0.15) is 0 Å². The summed E-state index contributed by atoms with van der Waals surface area (Å²) in [6, 6.07) is 7.75. The van der Waals surface area contributed by atoms with Crippen LogP contribution in [-0.2, 0) is 7.05 Å². The van der Waals surface area contributed by atoms with Crippen molar-refractivity contribution >= 4 is 17.4 Å². The van der Waals surface area contributed by atoms with Gasteiger partial charge in [-0.25, -0.2) is 0 Å². The number of hydrogen-bond acceptors (Lipinski definition) is 1. The molecule has 1 fully saturated rings. The molecule has 0 bridgehead atoms. The van der Waals surface area contributed by atoms with E-state index >= 15 is 0 Å². The van der Waals surface area contributed by atoms with Crippen LogP contribution in [0.25, 0.3) is 11.3 Å². The van der Waals surface area contributed by atoms with E-state index < -0.39 is 0 Å². The molecule has 1 aromatic carbocycles. The third kappa shape index (κ3) is 2.21. The second-order valence-electron chi connectivity index (χ2n) is 5.27. The van der Waals surface area contributed by atoms with E-state index in [2.05, 4.69) is 0 Å². The van der Waals surface area contributed by atoms with Crippen molar-refractivity contribution < 1.29 is 4.79 Å². The highest BCUT2D eigenvalue weighted by Crippen LogP contribution is 2.36. The first-order chi connectivity index (χ1) is 9.08. The van der Waals surface area contributed by atoms with Gasteiger partial charge >= 0.3 is 0 Å². The van der Waals surface area contributed by atoms with Gasteiger partial charge in [-0.15, -0.1) is 0 Å². The van der Waals surface area contributed by atoms with E-state index in [1.54, 1.807) is 0 Å². The largest absolute Gasteiger partial charge is 0.350 e. The van der Waals surface area contributed by atoms with Crippen LogP contribution in [0, 0.1) is 12.8 Å². The minimum Gasteiger partial charge on any atom is -0.350 e. The molecule has 0 N–H and O–H groups in total. The van der Waals surface area contributed by atoms with E-state index in [0.29, 0.717) is 5.78 Å². The summed E-state index contributed by atoms with van der Waals surface area (Å²) in [5.74, 6) is 0.562. The van der Waals surface area contributed by atoms with Crippen LogP contribution in [0.5, 0.6) is 0 Å². The number of aryl methyl sites for hydroxylation is 1. The number of carbonyl (C=O) groups is 1. The molecule has 2 nitrogen and oxygen atoms in total. The maximum absolute atomic E-state index is 12.2. The number of Topliss-reactive ketones (excluding diaryl/α,β-unsaturated/α-hetero) is 1. The molecule has 0 saturated heterocycles. The topological polar surface area (TPSA) is 22.0 Å². The monoisotopic (exact) mass is 273 g/mol. The Kier molecular flexibility index (Phi) is 2.98. The first-order valence-corrected chi connectivity index (χ1v) is 6.92. The average molecular weight is 274 g/mol. The van der Waals surface area contributed by atoms with Crippen molar-refractivity contribution in [2.24, 2.45) is 13.0 Å². The maximum Gasteiger partial charge on any atom is 0.167 e. The van der Waals surface area contributed by atoms with Gasteiger partial charge in [0.2, 0.25) is 0 Å². The van der Waals surface area contributed by atoms with Crippen molar-refractivity contribution in [3.8, 4) is 11.3 Å². The molecule has 1 heterocycles. The summed E-state index contributed by atoms with van der Waals surface area (Å²) in [6.07, 6.45) is 4.05. The predicted octanol–water partition coefficient (Wildman–Crippen LogP) is 4.25. The number of hydrogen-bond donors (Lipinski definition) is 0. The van der Waals surface area contributed by atoms with Gasteiger partial charge in [0, 0.05) is 29.7 Å². The fourth-order valence-corrected chi connectivity index (χ4v) is 2.71. The van der Waals surface area contributed by atoms with Gasteiger partial charge in [0.05, 0.1) is 5.69 Å². The predicted molar refractivity (Wildman–Crippen MR) is 77.7 cm³/mol. The molecule has 3 rings (SSSR count). The number of aromatic nitrogens is 1. The van der Waals surface area contributed by atoms with Crippen molar-refractivity contribution in [2.75, 3.05) is 0 Å². The lowest BCUT2D eigenvalue weighted by Gasteiger charge is -2.05. The van der Waals surface area contributed by atoms with Crippen LogP contribution in [0.2, 0.25) is 5.02 Å². The summed E-state index contributed by atoms with van der Waals surface area (Å²) in [4.78, 5) is 12.2. The van der Waals surface area contributed by atoms with Gasteiger partial charge in [-0.3, -0.25) is 4.79 Å². The molecule has 1 aliphatic rings. The first kappa shape index (κ1) is 12.5. The molecule has 1 saturated carbocycles. The molecular weight excluding hydrogens is 258 g/mol. The summed E-state index contributed by atoms with van der Waals surface area (Å²) < 4.78 is 2.04. The Morgan fingerprint density at radius 2 is 1.89 bits per heavy atom. The van der Waals surface area contributed by atoms with Gasteiger partial charge < -0.3 is 4.57 Å². The van der Waals surface area contributed by atoms with E-state index in [-0.39, 0.29) is 5.92 Å². The highest BCUT2D eigenvalue weighted by Gasteiger charge is 2.32. The maximum atomic E-state index is 12.2.